The van der Waals surface area contributed by atoms with Crippen LogP contribution in [0.2, 0.25) is 0 Å². The number of nitriles is 1. The van der Waals surface area contributed by atoms with Gasteiger partial charge >= 0.3 is 5.69 Å². The van der Waals surface area contributed by atoms with Crippen molar-refractivity contribution in [2.75, 3.05) is 7.11 Å². The summed E-state index contributed by atoms with van der Waals surface area (Å²) in [6.07, 6.45) is 1.13. The molecule has 1 N–H and O–H groups in total. The smallest absolute Gasteiger partial charge is 0.311 e. The van der Waals surface area contributed by atoms with Gasteiger partial charge in [0.05, 0.1) is 29.5 Å². The van der Waals surface area contributed by atoms with Gasteiger partial charge < -0.3 is 9.84 Å². The second-order valence-electron chi connectivity index (χ2n) is 3.84. The van der Waals surface area contributed by atoms with Crippen LogP contribution in [-0.2, 0) is 0 Å². The standard InChI is InChI=1S/C13H9N3O4/c1-20-13-3-2-8(5-11(13)16(18)19)10-4-9(6-14)12(17)7-15-10/h2-5,7,17H,1H3. The molecule has 0 atom stereocenters. The molecule has 2 rings (SSSR count). The topological polar surface area (TPSA) is 109 Å². The molecule has 0 saturated heterocycles. The van der Waals surface area contributed by atoms with E-state index in [1.54, 1.807) is 6.07 Å². The van der Waals surface area contributed by atoms with Crippen LogP contribution in [0.5, 0.6) is 11.5 Å². The Labute approximate surface area is 113 Å². The number of aromatic nitrogens is 1. The van der Waals surface area contributed by atoms with Crippen molar-refractivity contribution in [3.8, 4) is 28.8 Å². The average Bonchev–Trinajstić information content (AvgIpc) is 2.47. The van der Waals surface area contributed by atoms with Crippen LogP contribution in [0.1, 0.15) is 5.56 Å². The predicted molar refractivity (Wildman–Crippen MR) is 69.3 cm³/mol. The number of aromatic hydroxyl groups is 1. The molecular formula is C13H9N3O4. The fraction of sp³-hybridized carbons (Fsp3) is 0.0769. The number of nitro groups is 1. The summed E-state index contributed by atoms with van der Waals surface area (Å²) in [5.41, 5.74) is 0.658. The SMILES string of the molecule is COc1ccc(-c2cc(C#N)c(O)cn2)cc1[N+](=O)[O-]. The zero-order valence-electron chi connectivity index (χ0n) is 10.4. The quantitative estimate of drug-likeness (QED) is 0.677. The lowest BCUT2D eigenvalue weighted by molar-refractivity contribution is -0.385. The summed E-state index contributed by atoms with van der Waals surface area (Å²) in [5.74, 6) is -0.0997. The molecule has 7 nitrogen and oxygen atoms in total. The Morgan fingerprint density at radius 1 is 1.45 bits per heavy atom. The van der Waals surface area contributed by atoms with E-state index in [4.69, 9.17) is 10.00 Å². The van der Waals surface area contributed by atoms with Crippen LogP contribution in [0.25, 0.3) is 11.3 Å². The molecule has 1 aromatic heterocycles. The third-order valence-corrected chi connectivity index (χ3v) is 2.67. The molecule has 0 bridgehead atoms. The zero-order valence-corrected chi connectivity index (χ0v) is 10.4. The number of pyridine rings is 1. The highest BCUT2D eigenvalue weighted by atomic mass is 16.6. The molecule has 0 fully saturated rings. The minimum Gasteiger partial charge on any atom is -0.505 e. The Bertz CT molecular complexity index is 722. The largest absolute Gasteiger partial charge is 0.505 e. The number of methoxy groups -OCH3 is 1. The van der Waals surface area contributed by atoms with Crippen molar-refractivity contribution in [1.82, 2.24) is 4.98 Å². The van der Waals surface area contributed by atoms with E-state index < -0.39 is 4.92 Å². The van der Waals surface area contributed by atoms with E-state index in [1.807, 2.05) is 6.07 Å². The third-order valence-electron chi connectivity index (χ3n) is 2.67. The molecule has 0 spiro atoms. The molecule has 0 radical (unpaired) electrons. The van der Waals surface area contributed by atoms with Gasteiger partial charge in [0.25, 0.3) is 0 Å². The van der Waals surface area contributed by atoms with E-state index in [0.717, 1.165) is 6.20 Å². The molecule has 0 saturated carbocycles. The van der Waals surface area contributed by atoms with Gasteiger partial charge in [-0.15, -0.1) is 0 Å². The number of nitrogens with zero attached hydrogens (tertiary/aromatic N) is 3. The summed E-state index contributed by atoms with van der Waals surface area (Å²) >= 11 is 0. The first-order valence-corrected chi connectivity index (χ1v) is 5.48. The Hall–Kier alpha value is -3.14. The number of nitro benzene ring substituents is 1. The fourth-order valence-electron chi connectivity index (χ4n) is 1.69. The van der Waals surface area contributed by atoms with Gasteiger partial charge in [0.2, 0.25) is 0 Å². The minimum absolute atomic E-state index is 0.0495. The van der Waals surface area contributed by atoms with Gasteiger partial charge in [-0.3, -0.25) is 15.1 Å². The van der Waals surface area contributed by atoms with Crippen molar-refractivity contribution in [2.45, 2.75) is 0 Å². The lowest BCUT2D eigenvalue weighted by Gasteiger charge is -2.05. The summed E-state index contributed by atoms with van der Waals surface area (Å²) in [6, 6.07) is 7.53. The molecule has 1 aromatic carbocycles. The molecule has 1 heterocycles. The Morgan fingerprint density at radius 2 is 2.20 bits per heavy atom. The van der Waals surface area contributed by atoms with Crippen molar-refractivity contribution < 1.29 is 14.8 Å². The monoisotopic (exact) mass is 271 g/mol. The molecule has 0 aliphatic rings. The molecular weight excluding hydrogens is 262 g/mol. The van der Waals surface area contributed by atoms with Gasteiger partial charge in [0.15, 0.2) is 11.5 Å². The normalized spacial score (nSPS) is 9.80. The average molecular weight is 271 g/mol. The van der Waals surface area contributed by atoms with Gasteiger partial charge in [-0.05, 0) is 18.2 Å². The summed E-state index contributed by atoms with van der Waals surface area (Å²) in [7, 11) is 1.34. The maximum Gasteiger partial charge on any atom is 0.311 e. The van der Waals surface area contributed by atoms with Crippen molar-refractivity contribution in [1.29, 1.82) is 5.26 Å². The summed E-state index contributed by atoms with van der Waals surface area (Å²) in [4.78, 5) is 14.3. The van der Waals surface area contributed by atoms with Crippen LogP contribution >= 0.6 is 0 Å². The molecule has 20 heavy (non-hydrogen) atoms. The van der Waals surface area contributed by atoms with Gasteiger partial charge in [-0.1, -0.05) is 0 Å². The maximum absolute atomic E-state index is 11.0. The van der Waals surface area contributed by atoms with Crippen molar-refractivity contribution in [3.05, 3.63) is 46.1 Å². The molecule has 7 heteroatoms. The first kappa shape index (κ1) is 13.3. The van der Waals surface area contributed by atoms with Crippen LogP contribution in [0.3, 0.4) is 0 Å². The van der Waals surface area contributed by atoms with Gasteiger partial charge in [0.1, 0.15) is 6.07 Å². The van der Waals surface area contributed by atoms with Gasteiger partial charge in [0, 0.05) is 11.6 Å². The highest BCUT2D eigenvalue weighted by Gasteiger charge is 2.16. The molecule has 0 aliphatic carbocycles. The first-order chi connectivity index (χ1) is 9.56. The Balaban J connectivity index is 2.56. The van der Waals surface area contributed by atoms with Crippen LogP contribution < -0.4 is 4.74 Å². The predicted octanol–water partition coefficient (Wildman–Crippen LogP) is 2.24. The van der Waals surface area contributed by atoms with Crippen LogP contribution in [0, 0.1) is 21.4 Å². The molecule has 100 valence electrons. The number of rotatable bonds is 3. The maximum atomic E-state index is 11.0. The molecule has 0 amide bonds. The highest BCUT2D eigenvalue weighted by Crippen LogP contribution is 2.32. The van der Waals surface area contributed by atoms with Crippen LogP contribution in [0.15, 0.2) is 30.5 Å². The van der Waals surface area contributed by atoms with E-state index in [-0.39, 0.29) is 22.7 Å². The van der Waals surface area contributed by atoms with E-state index in [9.17, 15) is 15.2 Å². The van der Waals surface area contributed by atoms with Crippen molar-refractivity contribution in [2.24, 2.45) is 0 Å². The number of hydrogen-bond donors (Lipinski definition) is 1. The second kappa shape index (κ2) is 5.24. The number of benzene rings is 1. The third kappa shape index (κ3) is 2.35. The lowest BCUT2D eigenvalue weighted by atomic mass is 10.1. The second-order valence-corrected chi connectivity index (χ2v) is 3.84. The van der Waals surface area contributed by atoms with E-state index in [0.29, 0.717) is 11.3 Å². The lowest BCUT2D eigenvalue weighted by Crippen LogP contribution is -1.95. The Morgan fingerprint density at radius 3 is 2.80 bits per heavy atom. The fourth-order valence-corrected chi connectivity index (χ4v) is 1.69. The van der Waals surface area contributed by atoms with E-state index in [2.05, 4.69) is 4.98 Å². The zero-order chi connectivity index (χ0) is 14.7. The van der Waals surface area contributed by atoms with Crippen LogP contribution in [0.4, 0.5) is 5.69 Å². The minimum atomic E-state index is -0.562. The number of ether oxygens (including phenoxy) is 1. The van der Waals surface area contributed by atoms with Crippen LogP contribution in [-0.4, -0.2) is 22.1 Å². The summed E-state index contributed by atoms with van der Waals surface area (Å²) in [5, 5.41) is 29.2. The van der Waals surface area contributed by atoms with Gasteiger partial charge in [-0.2, -0.15) is 5.26 Å². The number of hydrogen-bond acceptors (Lipinski definition) is 6. The molecule has 2 aromatic rings. The van der Waals surface area contributed by atoms with Gasteiger partial charge in [-0.25, -0.2) is 0 Å². The summed E-state index contributed by atoms with van der Waals surface area (Å²) < 4.78 is 4.91. The molecule has 0 unspecified atom stereocenters. The van der Waals surface area contributed by atoms with Crippen molar-refractivity contribution >= 4 is 5.69 Å². The molecule has 0 aliphatic heterocycles. The summed E-state index contributed by atoms with van der Waals surface area (Å²) in [6.45, 7) is 0. The van der Waals surface area contributed by atoms with E-state index in [1.165, 1.54) is 25.3 Å². The van der Waals surface area contributed by atoms with Crippen molar-refractivity contribution in [3.63, 3.8) is 0 Å². The highest BCUT2D eigenvalue weighted by molar-refractivity contribution is 5.67. The first-order valence-electron chi connectivity index (χ1n) is 5.48. The van der Waals surface area contributed by atoms with E-state index >= 15 is 0 Å². The Kier molecular flexibility index (Phi) is 3.48.